The molecule has 0 aromatic carbocycles. The summed E-state index contributed by atoms with van der Waals surface area (Å²) in [6, 6.07) is 0. The zero-order valence-electron chi connectivity index (χ0n) is 11.6. The standard InChI is InChI=1S/C11H16N6O2S/c1-4-11(5-2,10(18)19)6-17-9(13-14-15-17)8-7(3)12-16-20-8/h4-6H2,1-3H3,(H,18,19). The Morgan fingerprint density at radius 2 is 2.05 bits per heavy atom. The summed E-state index contributed by atoms with van der Waals surface area (Å²) in [7, 11) is 0. The molecule has 0 amide bonds. The summed E-state index contributed by atoms with van der Waals surface area (Å²) in [6.45, 7) is 5.78. The maximum absolute atomic E-state index is 11.6. The molecule has 0 saturated carbocycles. The first-order valence-electron chi connectivity index (χ1n) is 6.33. The number of nitrogens with zero attached hydrogens (tertiary/aromatic N) is 6. The van der Waals surface area contributed by atoms with Crippen molar-refractivity contribution in [1.82, 2.24) is 29.8 Å². The fourth-order valence-corrected chi connectivity index (χ4v) is 2.69. The SMILES string of the molecule is CCC(CC)(Cn1nnnc1-c1snnc1C)C(=O)O. The lowest BCUT2D eigenvalue weighted by Crippen LogP contribution is -2.35. The van der Waals surface area contributed by atoms with E-state index in [2.05, 4.69) is 25.1 Å². The van der Waals surface area contributed by atoms with Crippen molar-refractivity contribution < 1.29 is 9.90 Å². The molecule has 0 aliphatic rings. The number of hydrogen-bond acceptors (Lipinski definition) is 7. The van der Waals surface area contributed by atoms with Crippen LogP contribution in [0.2, 0.25) is 0 Å². The van der Waals surface area contributed by atoms with E-state index in [1.165, 1.54) is 16.2 Å². The number of carboxylic acid groups (broad SMARTS) is 1. The van der Waals surface area contributed by atoms with E-state index in [4.69, 9.17) is 0 Å². The van der Waals surface area contributed by atoms with Gasteiger partial charge in [-0.15, -0.1) is 10.2 Å². The number of carbonyl (C=O) groups is 1. The van der Waals surface area contributed by atoms with E-state index in [0.717, 1.165) is 10.6 Å². The molecule has 108 valence electrons. The van der Waals surface area contributed by atoms with Crippen molar-refractivity contribution in [1.29, 1.82) is 0 Å². The zero-order valence-corrected chi connectivity index (χ0v) is 12.4. The molecule has 0 aliphatic heterocycles. The van der Waals surface area contributed by atoms with Gasteiger partial charge in [0.05, 0.1) is 17.7 Å². The molecular weight excluding hydrogens is 280 g/mol. The average molecular weight is 296 g/mol. The van der Waals surface area contributed by atoms with Gasteiger partial charge >= 0.3 is 5.97 Å². The molecule has 0 fully saturated rings. The molecule has 0 radical (unpaired) electrons. The first-order valence-corrected chi connectivity index (χ1v) is 7.10. The second-order valence-corrected chi connectivity index (χ2v) is 5.39. The molecule has 2 aromatic heterocycles. The van der Waals surface area contributed by atoms with Gasteiger partial charge in [0.25, 0.3) is 0 Å². The highest BCUT2D eigenvalue weighted by atomic mass is 32.1. The van der Waals surface area contributed by atoms with E-state index < -0.39 is 11.4 Å². The van der Waals surface area contributed by atoms with Crippen LogP contribution in [0, 0.1) is 12.3 Å². The monoisotopic (exact) mass is 296 g/mol. The second kappa shape index (κ2) is 5.61. The van der Waals surface area contributed by atoms with Crippen LogP contribution in [-0.2, 0) is 11.3 Å². The number of tetrazole rings is 1. The molecule has 0 unspecified atom stereocenters. The maximum atomic E-state index is 11.6. The van der Waals surface area contributed by atoms with Crippen molar-refractivity contribution in [2.24, 2.45) is 5.41 Å². The Morgan fingerprint density at radius 1 is 1.35 bits per heavy atom. The third-order valence-corrected chi connectivity index (χ3v) is 4.47. The summed E-state index contributed by atoms with van der Waals surface area (Å²) in [5.74, 6) is -0.312. The van der Waals surface area contributed by atoms with E-state index in [0.29, 0.717) is 18.7 Å². The summed E-state index contributed by atoms with van der Waals surface area (Å²) in [4.78, 5) is 12.3. The highest BCUT2D eigenvalue weighted by Gasteiger charge is 2.37. The predicted octanol–water partition coefficient (Wildman–Crippen LogP) is 1.39. The fraction of sp³-hybridized carbons (Fsp3) is 0.636. The van der Waals surface area contributed by atoms with Crippen LogP contribution in [0.3, 0.4) is 0 Å². The molecule has 20 heavy (non-hydrogen) atoms. The van der Waals surface area contributed by atoms with E-state index in [1.54, 1.807) is 0 Å². The molecule has 8 nitrogen and oxygen atoms in total. The van der Waals surface area contributed by atoms with E-state index in [1.807, 2.05) is 20.8 Å². The van der Waals surface area contributed by atoms with Gasteiger partial charge < -0.3 is 5.11 Å². The normalized spacial score (nSPS) is 11.8. The zero-order chi connectivity index (χ0) is 14.8. The largest absolute Gasteiger partial charge is 0.481 e. The maximum Gasteiger partial charge on any atom is 0.311 e. The van der Waals surface area contributed by atoms with Crippen LogP contribution in [-0.4, -0.2) is 40.9 Å². The number of carboxylic acids is 1. The highest BCUT2D eigenvalue weighted by Crippen LogP contribution is 2.31. The molecule has 0 saturated heterocycles. The van der Waals surface area contributed by atoms with Gasteiger partial charge in [-0.1, -0.05) is 18.3 Å². The minimum Gasteiger partial charge on any atom is -0.481 e. The highest BCUT2D eigenvalue weighted by molar-refractivity contribution is 7.09. The Labute approximate surface area is 120 Å². The van der Waals surface area contributed by atoms with Crippen LogP contribution in [0.5, 0.6) is 0 Å². The Bertz CT molecular complexity index is 604. The van der Waals surface area contributed by atoms with Crippen molar-refractivity contribution in [3.63, 3.8) is 0 Å². The Kier molecular flexibility index (Phi) is 4.07. The van der Waals surface area contributed by atoms with Gasteiger partial charge in [0.2, 0.25) is 0 Å². The van der Waals surface area contributed by atoms with Gasteiger partial charge in [-0.05, 0) is 41.7 Å². The van der Waals surface area contributed by atoms with E-state index in [-0.39, 0.29) is 6.54 Å². The minimum absolute atomic E-state index is 0.231. The van der Waals surface area contributed by atoms with E-state index >= 15 is 0 Å². The van der Waals surface area contributed by atoms with Crippen molar-refractivity contribution >= 4 is 17.5 Å². The Balaban J connectivity index is 2.38. The smallest absolute Gasteiger partial charge is 0.311 e. The van der Waals surface area contributed by atoms with Gasteiger partial charge in [0, 0.05) is 0 Å². The van der Waals surface area contributed by atoms with Crippen LogP contribution >= 0.6 is 11.5 Å². The number of aryl methyl sites for hydroxylation is 1. The van der Waals surface area contributed by atoms with E-state index in [9.17, 15) is 9.90 Å². The molecule has 0 bridgehead atoms. The lowest BCUT2D eigenvalue weighted by molar-refractivity contribution is -0.150. The van der Waals surface area contributed by atoms with Crippen molar-refractivity contribution in [3.8, 4) is 10.7 Å². The molecule has 2 heterocycles. The topological polar surface area (TPSA) is 107 Å². The van der Waals surface area contributed by atoms with Crippen molar-refractivity contribution in [2.45, 2.75) is 40.2 Å². The lowest BCUT2D eigenvalue weighted by Gasteiger charge is -2.26. The summed E-state index contributed by atoms with van der Waals surface area (Å²) in [5.41, 5.74) is -0.129. The molecule has 2 aromatic rings. The van der Waals surface area contributed by atoms with Crippen molar-refractivity contribution in [3.05, 3.63) is 5.69 Å². The van der Waals surface area contributed by atoms with Gasteiger partial charge in [-0.3, -0.25) is 4.79 Å². The number of aliphatic carboxylic acids is 1. The molecule has 0 spiro atoms. The number of hydrogen-bond donors (Lipinski definition) is 1. The Hall–Kier alpha value is -1.90. The minimum atomic E-state index is -0.865. The van der Waals surface area contributed by atoms with Gasteiger partial charge in [-0.25, -0.2) is 4.68 Å². The van der Waals surface area contributed by atoms with Crippen molar-refractivity contribution in [2.75, 3.05) is 0 Å². The molecule has 1 N–H and O–H groups in total. The first-order chi connectivity index (χ1) is 9.54. The Morgan fingerprint density at radius 3 is 2.55 bits per heavy atom. The van der Waals surface area contributed by atoms with Crippen LogP contribution in [0.1, 0.15) is 32.4 Å². The third kappa shape index (κ3) is 2.40. The number of rotatable bonds is 6. The molecular formula is C11H16N6O2S. The van der Waals surface area contributed by atoms with Crippen LogP contribution in [0.4, 0.5) is 0 Å². The molecule has 0 atom stereocenters. The summed E-state index contributed by atoms with van der Waals surface area (Å²) in [6.07, 6.45) is 1.02. The summed E-state index contributed by atoms with van der Waals surface area (Å²) in [5, 5.41) is 25.0. The van der Waals surface area contributed by atoms with Crippen LogP contribution < -0.4 is 0 Å². The molecule has 9 heteroatoms. The van der Waals surface area contributed by atoms with Gasteiger partial charge in [0.1, 0.15) is 4.88 Å². The predicted molar refractivity (Wildman–Crippen MR) is 72.1 cm³/mol. The fourth-order valence-electron chi connectivity index (χ4n) is 2.04. The van der Waals surface area contributed by atoms with Crippen LogP contribution in [0.15, 0.2) is 0 Å². The summed E-state index contributed by atoms with van der Waals surface area (Å²) < 4.78 is 5.39. The lowest BCUT2D eigenvalue weighted by atomic mass is 9.82. The third-order valence-electron chi connectivity index (χ3n) is 3.65. The average Bonchev–Trinajstić information content (AvgIpc) is 3.04. The number of aromatic nitrogens is 6. The van der Waals surface area contributed by atoms with Gasteiger partial charge in [0.15, 0.2) is 5.82 Å². The van der Waals surface area contributed by atoms with Gasteiger partial charge in [-0.2, -0.15) is 0 Å². The first kappa shape index (κ1) is 14.5. The molecule has 2 rings (SSSR count). The quantitative estimate of drug-likeness (QED) is 0.858. The molecule has 0 aliphatic carbocycles. The second-order valence-electron chi connectivity index (χ2n) is 4.64. The van der Waals surface area contributed by atoms with Crippen LogP contribution in [0.25, 0.3) is 10.7 Å². The summed E-state index contributed by atoms with van der Waals surface area (Å²) >= 11 is 1.20.